The molecule has 0 radical (unpaired) electrons. The molecule has 36 heavy (non-hydrogen) atoms. The first kappa shape index (κ1) is 28.0. The van der Waals surface area contributed by atoms with Crippen LogP contribution in [0.1, 0.15) is 24.5 Å². The summed E-state index contributed by atoms with van der Waals surface area (Å²) in [5.74, 6) is -5.06. The summed E-state index contributed by atoms with van der Waals surface area (Å²) in [6.07, 6.45) is -0.564. The third kappa shape index (κ3) is 9.18. The highest BCUT2D eigenvalue weighted by Gasteiger charge is 2.30. The number of hydrogen-bond acceptors (Lipinski definition) is 6. The van der Waals surface area contributed by atoms with Gasteiger partial charge in [0, 0.05) is 6.42 Å². The van der Waals surface area contributed by atoms with Crippen LogP contribution in [0.25, 0.3) is 0 Å². The maximum atomic E-state index is 12.8. The van der Waals surface area contributed by atoms with Crippen molar-refractivity contribution < 1.29 is 34.2 Å². The molecule has 0 aliphatic carbocycles. The van der Waals surface area contributed by atoms with E-state index in [1.54, 1.807) is 30.3 Å². The lowest BCUT2D eigenvalue weighted by molar-refractivity contribution is -0.147. The quantitative estimate of drug-likeness (QED) is 0.219. The second-order valence-corrected chi connectivity index (χ2v) is 8.27. The molecule has 4 unspecified atom stereocenters. The van der Waals surface area contributed by atoms with Crippen molar-refractivity contribution in [3.05, 3.63) is 71.8 Å². The molecule has 0 aliphatic heterocycles. The summed E-state index contributed by atoms with van der Waals surface area (Å²) in [4.78, 5) is 60.5. The Hall–Kier alpha value is -4.25. The van der Waals surface area contributed by atoms with Gasteiger partial charge in [0.05, 0.1) is 12.5 Å². The topological polar surface area (TPSA) is 188 Å². The van der Waals surface area contributed by atoms with Crippen molar-refractivity contribution in [2.24, 2.45) is 5.73 Å². The van der Waals surface area contributed by atoms with Crippen molar-refractivity contribution >= 4 is 29.7 Å². The minimum absolute atomic E-state index is 0.00596. The van der Waals surface area contributed by atoms with Crippen LogP contribution in [0.3, 0.4) is 0 Å². The zero-order valence-corrected chi connectivity index (χ0v) is 19.7. The highest BCUT2D eigenvalue weighted by molar-refractivity contribution is 5.94. The van der Waals surface area contributed by atoms with Crippen LogP contribution in [-0.2, 0) is 36.8 Å². The Labute approximate surface area is 208 Å². The number of amides is 3. The summed E-state index contributed by atoms with van der Waals surface area (Å²) in [6.45, 7) is 1.42. The van der Waals surface area contributed by atoms with Crippen molar-refractivity contribution in [3.8, 4) is 0 Å². The van der Waals surface area contributed by atoms with E-state index in [0.717, 1.165) is 5.56 Å². The van der Waals surface area contributed by atoms with E-state index in [4.69, 9.17) is 10.8 Å². The van der Waals surface area contributed by atoms with Crippen LogP contribution in [-0.4, -0.2) is 64.0 Å². The molecule has 192 valence electrons. The summed E-state index contributed by atoms with van der Waals surface area (Å²) >= 11 is 0. The predicted molar refractivity (Wildman–Crippen MR) is 130 cm³/mol. The highest BCUT2D eigenvalue weighted by atomic mass is 16.4. The lowest BCUT2D eigenvalue weighted by Gasteiger charge is -2.23. The number of carboxylic acids is 2. The molecule has 4 atom stereocenters. The molecular formula is C25H30N4O7. The fourth-order valence-electron chi connectivity index (χ4n) is 3.35. The summed E-state index contributed by atoms with van der Waals surface area (Å²) in [5, 5.41) is 25.3. The van der Waals surface area contributed by atoms with Crippen LogP contribution in [0, 0.1) is 0 Å². The van der Waals surface area contributed by atoms with Gasteiger partial charge in [-0.3, -0.25) is 19.2 Å². The molecule has 11 heteroatoms. The Morgan fingerprint density at radius 1 is 0.722 bits per heavy atom. The standard InChI is InChI=1S/C25H30N4O7/c1-15(27-23(33)18(26)12-16-8-4-2-5-9-16)22(32)28-19(13-17-10-6-3-7-11-17)24(34)29-20(25(35)36)14-21(30)31/h2-11,15,18-20H,12-14,26H2,1H3,(H,27,33)(H,28,32)(H,29,34)(H,30,31)(H,35,36). The Balaban J connectivity index is 2.07. The van der Waals surface area contributed by atoms with Gasteiger partial charge >= 0.3 is 11.9 Å². The first-order valence-electron chi connectivity index (χ1n) is 11.3. The zero-order chi connectivity index (χ0) is 26.7. The summed E-state index contributed by atoms with van der Waals surface area (Å²) < 4.78 is 0. The second kappa shape index (κ2) is 13.6. The predicted octanol–water partition coefficient (Wildman–Crippen LogP) is -0.167. The number of aliphatic carboxylic acids is 2. The van der Waals surface area contributed by atoms with Crippen LogP contribution >= 0.6 is 0 Å². The Kier molecular flexibility index (Phi) is 10.6. The molecule has 11 nitrogen and oxygen atoms in total. The lowest BCUT2D eigenvalue weighted by Crippen LogP contribution is -2.57. The molecule has 2 rings (SSSR count). The third-order valence-corrected chi connectivity index (χ3v) is 5.30. The fraction of sp³-hybridized carbons (Fsp3) is 0.320. The molecule has 2 aromatic carbocycles. The van der Waals surface area contributed by atoms with Crippen molar-refractivity contribution in [2.75, 3.05) is 0 Å². The van der Waals surface area contributed by atoms with Gasteiger partial charge in [-0.05, 0) is 24.5 Å². The van der Waals surface area contributed by atoms with Gasteiger partial charge in [0.15, 0.2) is 0 Å². The smallest absolute Gasteiger partial charge is 0.326 e. The van der Waals surface area contributed by atoms with E-state index < -0.39 is 60.2 Å². The van der Waals surface area contributed by atoms with Crippen molar-refractivity contribution in [2.45, 2.75) is 50.4 Å². The Morgan fingerprint density at radius 3 is 1.72 bits per heavy atom. The van der Waals surface area contributed by atoms with Gasteiger partial charge in [-0.1, -0.05) is 60.7 Å². The molecule has 0 bridgehead atoms. The van der Waals surface area contributed by atoms with Crippen LogP contribution in [0.15, 0.2) is 60.7 Å². The first-order valence-corrected chi connectivity index (χ1v) is 11.3. The molecule has 3 amide bonds. The monoisotopic (exact) mass is 498 g/mol. The first-order chi connectivity index (χ1) is 17.1. The van der Waals surface area contributed by atoms with Gasteiger partial charge in [-0.2, -0.15) is 0 Å². The number of benzene rings is 2. The molecule has 0 heterocycles. The molecular weight excluding hydrogens is 468 g/mol. The fourth-order valence-corrected chi connectivity index (χ4v) is 3.35. The van der Waals surface area contributed by atoms with Crippen molar-refractivity contribution in [1.82, 2.24) is 16.0 Å². The van der Waals surface area contributed by atoms with E-state index in [-0.39, 0.29) is 12.8 Å². The summed E-state index contributed by atoms with van der Waals surface area (Å²) in [5.41, 5.74) is 7.48. The van der Waals surface area contributed by atoms with Crippen LogP contribution in [0.4, 0.5) is 0 Å². The number of carboxylic acid groups (broad SMARTS) is 2. The minimum atomic E-state index is -1.68. The second-order valence-electron chi connectivity index (χ2n) is 8.27. The average molecular weight is 499 g/mol. The zero-order valence-electron chi connectivity index (χ0n) is 19.7. The number of carbonyl (C=O) groups excluding carboxylic acids is 3. The van der Waals surface area contributed by atoms with E-state index >= 15 is 0 Å². The van der Waals surface area contributed by atoms with Crippen LogP contribution in [0.5, 0.6) is 0 Å². The molecule has 0 spiro atoms. The molecule has 7 N–H and O–H groups in total. The van der Waals surface area contributed by atoms with Gasteiger partial charge in [0.2, 0.25) is 17.7 Å². The Morgan fingerprint density at radius 2 is 1.22 bits per heavy atom. The maximum Gasteiger partial charge on any atom is 0.326 e. The van der Waals surface area contributed by atoms with E-state index in [2.05, 4.69) is 16.0 Å². The van der Waals surface area contributed by atoms with Crippen LogP contribution in [0.2, 0.25) is 0 Å². The molecule has 0 aromatic heterocycles. The van der Waals surface area contributed by atoms with Gasteiger partial charge in [-0.15, -0.1) is 0 Å². The van der Waals surface area contributed by atoms with Gasteiger partial charge in [0.25, 0.3) is 0 Å². The largest absolute Gasteiger partial charge is 0.481 e. The molecule has 0 saturated carbocycles. The summed E-state index contributed by atoms with van der Waals surface area (Å²) in [6, 6.07) is 12.9. The van der Waals surface area contributed by atoms with E-state index in [9.17, 15) is 29.1 Å². The van der Waals surface area contributed by atoms with E-state index in [1.807, 2.05) is 30.3 Å². The maximum absolute atomic E-state index is 12.8. The number of nitrogens with two attached hydrogens (primary N) is 1. The Bertz CT molecular complexity index is 1060. The van der Waals surface area contributed by atoms with Crippen LogP contribution < -0.4 is 21.7 Å². The molecule has 0 fully saturated rings. The number of carbonyl (C=O) groups is 5. The normalized spacial score (nSPS) is 13.9. The van der Waals surface area contributed by atoms with E-state index in [1.165, 1.54) is 6.92 Å². The number of rotatable bonds is 13. The van der Waals surface area contributed by atoms with Crippen molar-refractivity contribution in [1.29, 1.82) is 0 Å². The molecule has 0 aliphatic rings. The van der Waals surface area contributed by atoms with Gasteiger partial charge < -0.3 is 31.9 Å². The number of hydrogen-bond donors (Lipinski definition) is 6. The van der Waals surface area contributed by atoms with Gasteiger partial charge in [-0.25, -0.2) is 4.79 Å². The lowest BCUT2D eigenvalue weighted by atomic mass is 10.0. The van der Waals surface area contributed by atoms with Gasteiger partial charge in [0.1, 0.15) is 18.1 Å². The summed E-state index contributed by atoms with van der Waals surface area (Å²) in [7, 11) is 0. The average Bonchev–Trinajstić information content (AvgIpc) is 2.83. The SMILES string of the molecule is CC(NC(=O)C(N)Cc1ccccc1)C(=O)NC(Cc1ccccc1)C(=O)NC(CC(=O)O)C(=O)O. The minimum Gasteiger partial charge on any atom is -0.481 e. The third-order valence-electron chi connectivity index (χ3n) is 5.30. The highest BCUT2D eigenvalue weighted by Crippen LogP contribution is 2.06. The molecule has 2 aromatic rings. The van der Waals surface area contributed by atoms with Crippen molar-refractivity contribution in [3.63, 3.8) is 0 Å². The molecule has 0 saturated heterocycles. The number of nitrogens with one attached hydrogen (secondary N) is 3. The van der Waals surface area contributed by atoms with E-state index in [0.29, 0.717) is 5.56 Å².